The molecule has 0 amide bonds. The van der Waals surface area contributed by atoms with Gasteiger partial charge in [-0.3, -0.25) is 4.99 Å². The topological polar surface area (TPSA) is 30.8 Å². The Bertz CT molecular complexity index is 464. The van der Waals surface area contributed by atoms with Gasteiger partial charge in [-0.15, -0.1) is 0 Å². The molecule has 0 fully saturated rings. The molecular weight excluding hydrogens is 226 g/mol. The lowest BCUT2D eigenvalue weighted by molar-refractivity contribution is 0.230. The van der Waals surface area contributed by atoms with Crippen LogP contribution in [0.4, 0.5) is 0 Å². The van der Waals surface area contributed by atoms with E-state index < -0.39 is 0 Å². The minimum atomic E-state index is 0.153. The van der Waals surface area contributed by atoms with Crippen LogP contribution in [0, 0.1) is 0 Å². The van der Waals surface area contributed by atoms with Crippen LogP contribution in [0.25, 0.3) is 0 Å². The van der Waals surface area contributed by atoms with Gasteiger partial charge in [-0.05, 0) is 50.8 Å². The van der Waals surface area contributed by atoms with E-state index in [4.69, 9.17) is 9.47 Å². The molecule has 1 aromatic rings. The van der Waals surface area contributed by atoms with Crippen molar-refractivity contribution in [1.82, 2.24) is 0 Å². The van der Waals surface area contributed by atoms with Crippen LogP contribution >= 0.6 is 0 Å². The van der Waals surface area contributed by atoms with E-state index in [0.29, 0.717) is 0 Å². The summed E-state index contributed by atoms with van der Waals surface area (Å²) in [5.74, 6) is 1.63. The maximum absolute atomic E-state index is 5.81. The predicted molar refractivity (Wildman–Crippen MR) is 74.2 cm³/mol. The molecule has 18 heavy (non-hydrogen) atoms. The predicted octanol–water partition coefficient (Wildman–Crippen LogP) is 3.24. The molecule has 3 nitrogen and oxygen atoms in total. The molecule has 0 saturated heterocycles. The standard InChI is InChI=1S/C15H21NO2/c1-10(2)18-15-8-11-6-5-7-13(16-3)12(11)9-14(15)17-4/h8-10H,5-7H2,1-4H3. The molecule has 0 saturated carbocycles. The highest BCUT2D eigenvalue weighted by Crippen LogP contribution is 2.35. The summed E-state index contributed by atoms with van der Waals surface area (Å²) in [4.78, 5) is 4.38. The van der Waals surface area contributed by atoms with Crippen molar-refractivity contribution < 1.29 is 9.47 Å². The van der Waals surface area contributed by atoms with E-state index in [1.54, 1.807) is 7.11 Å². The van der Waals surface area contributed by atoms with E-state index in [1.807, 2.05) is 20.9 Å². The van der Waals surface area contributed by atoms with Crippen molar-refractivity contribution >= 4 is 5.71 Å². The van der Waals surface area contributed by atoms with Crippen molar-refractivity contribution in [1.29, 1.82) is 0 Å². The summed E-state index contributed by atoms with van der Waals surface area (Å²) < 4.78 is 11.2. The fraction of sp³-hybridized carbons (Fsp3) is 0.533. The third kappa shape index (κ3) is 2.50. The Labute approximate surface area is 109 Å². The van der Waals surface area contributed by atoms with Gasteiger partial charge in [0.25, 0.3) is 0 Å². The van der Waals surface area contributed by atoms with Gasteiger partial charge in [0.15, 0.2) is 11.5 Å². The Morgan fingerprint density at radius 3 is 2.56 bits per heavy atom. The van der Waals surface area contributed by atoms with E-state index in [1.165, 1.54) is 16.8 Å². The average Bonchev–Trinajstić information content (AvgIpc) is 2.36. The number of fused-ring (bicyclic) bond motifs is 1. The molecule has 98 valence electrons. The van der Waals surface area contributed by atoms with Gasteiger partial charge in [0, 0.05) is 18.3 Å². The van der Waals surface area contributed by atoms with Gasteiger partial charge in [-0.2, -0.15) is 0 Å². The van der Waals surface area contributed by atoms with Gasteiger partial charge in [-0.25, -0.2) is 0 Å². The summed E-state index contributed by atoms with van der Waals surface area (Å²) in [5, 5.41) is 0. The van der Waals surface area contributed by atoms with Gasteiger partial charge in [0.05, 0.1) is 13.2 Å². The summed E-state index contributed by atoms with van der Waals surface area (Å²) in [5.41, 5.74) is 3.71. The second-order valence-electron chi connectivity index (χ2n) is 4.85. The van der Waals surface area contributed by atoms with E-state index >= 15 is 0 Å². The second kappa shape index (κ2) is 5.42. The minimum Gasteiger partial charge on any atom is -0.493 e. The fourth-order valence-electron chi connectivity index (χ4n) is 2.40. The molecule has 0 aromatic heterocycles. The molecule has 0 aliphatic heterocycles. The highest BCUT2D eigenvalue weighted by molar-refractivity contribution is 6.03. The maximum atomic E-state index is 5.81. The number of ether oxygens (including phenoxy) is 2. The average molecular weight is 247 g/mol. The zero-order chi connectivity index (χ0) is 13.1. The van der Waals surface area contributed by atoms with Crippen LogP contribution in [0.3, 0.4) is 0 Å². The van der Waals surface area contributed by atoms with Crippen LogP contribution in [-0.2, 0) is 6.42 Å². The van der Waals surface area contributed by atoms with E-state index in [2.05, 4.69) is 17.1 Å². The van der Waals surface area contributed by atoms with Gasteiger partial charge >= 0.3 is 0 Å². The first-order valence-corrected chi connectivity index (χ1v) is 6.49. The number of methoxy groups -OCH3 is 1. The molecule has 2 rings (SSSR count). The highest BCUT2D eigenvalue weighted by Gasteiger charge is 2.19. The molecule has 0 radical (unpaired) electrons. The summed E-state index contributed by atoms with van der Waals surface area (Å²) in [6, 6.07) is 4.17. The van der Waals surface area contributed by atoms with Gasteiger partial charge in [0.1, 0.15) is 0 Å². The number of rotatable bonds is 3. The molecule has 0 heterocycles. The van der Waals surface area contributed by atoms with Crippen LogP contribution in [-0.4, -0.2) is 26.0 Å². The number of benzene rings is 1. The SMILES string of the molecule is CN=C1CCCc2cc(OC(C)C)c(OC)cc21. The lowest BCUT2D eigenvalue weighted by Gasteiger charge is -2.21. The highest BCUT2D eigenvalue weighted by atomic mass is 16.5. The molecule has 3 heteroatoms. The van der Waals surface area contributed by atoms with Crippen molar-refractivity contribution in [2.75, 3.05) is 14.2 Å². The summed E-state index contributed by atoms with van der Waals surface area (Å²) >= 11 is 0. The third-order valence-corrected chi connectivity index (χ3v) is 3.19. The summed E-state index contributed by atoms with van der Waals surface area (Å²) in [7, 11) is 3.54. The Morgan fingerprint density at radius 2 is 1.94 bits per heavy atom. The van der Waals surface area contributed by atoms with Crippen molar-refractivity contribution in [3.05, 3.63) is 23.3 Å². The molecule has 0 bridgehead atoms. The minimum absolute atomic E-state index is 0.153. The van der Waals surface area contributed by atoms with Crippen LogP contribution in [0.1, 0.15) is 37.8 Å². The van der Waals surface area contributed by atoms with Crippen LogP contribution < -0.4 is 9.47 Å². The van der Waals surface area contributed by atoms with E-state index in [-0.39, 0.29) is 6.10 Å². The first kappa shape index (κ1) is 12.9. The molecule has 0 spiro atoms. The maximum Gasteiger partial charge on any atom is 0.161 e. The molecule has 1 aromatic carbocycles. The van der Waals surface area contributed by atoms with E-state index in [9.17, 15) is 0 Å². The smallest absolute Gasteiger partial charge is 0.161 e. The number of nitrogens with zero attached hydrogens (tertiary/aromatic N) is 1. The first-order valence-electron chi connectivity index (χ1n) is 6.49. The van der Waals surface area contributed by atoms with Crippen LogP contribution in [0.15, 0.2) is 17.1 Å². The molecule has 1 aliphatic carbocycles. The Hall–Kier alpha value is -1.51. The first-order chi connectivity index (χ1) is 8.65. The Balaban J connectivity index is 2.47. The molecular formula is C15H21NO2. The lowest BCUT2D eigenvalue weighted by atomic mass is 9.89. The molecule has 0 unspecified atom stereocenters. The molecule has 1 aliphatic rings. The Kier molecular flexibility index (Phi) is 3.90. The summed E-state index contributed by atoms with van der Waals surface area (Å²) in [6.07, 6.45) is 3.46. The second-order valence-corrected chi connectivity index (χ2v) is 4.85. The van der Waals surface area contributed by atoms with Crippen LogP contribution in [0.2, 0.25) is 0 Å². The van der Waals surface area contributed by atoms with E-state index in [0.717, 1.165) is 30.8 Å². The Morgan fingerprint density at radius 1 is 1.17 bits per heavy atom. The zero-order valence-electron chi connectivity index (χ0n) is 11.6. The number of hydrogen-bond donors (Lipinski definition) is 0. The van der Waals surface area contributed by atoms with Gasteiger partial charge in [-0.1, -0.05) is 0 Å². The van der Waals surface area contributed by atoms with Gasteiger partial charge in [0.2, 0.25) is 0 Å². The monoisotopic (exact) mass is 247 g/mol. The largest absolute Gasteiger partial charge is 0.493 e. The summed E-state index contributed by atoms with van der Waals surface area (Å²) in [6.45, 7) is 4.05. The van der Waals surface area contributed by atoms with Crippen molar-refractivity contribution in [3.8, 4) is 11.5 Å². The zero-order valence-corrected chi connectivity index (χ0v) is 11.6. The lowest BCUT2D eigenvalue weighted by Crippen LogP contribution is -2.14. The van der Waals surface area contributed by atoms with Crippen LogP contribution in [0.5, 0.6) is 11.5 Å². The van der Waals surface area contributed by atoms with Crippen molar-refractivity contribution in [3.63, 3.8) is 0 Å². The molecule has 0 atom stereocenters. The fourth-order valence-corrected chi connectivity index (χ4v) is 2.40. The van der Waals surface area contributed by atoms with Crippen molar-refractivity contribution in [2.24, 2.45) is 4.99 Å². The number of aryl methyl sites for hydroxylation is 1. The molecule has 0 N–H and O–H groups in total. The number of aliphatic imine (C=N–C) groups is 1. The normalized spacial score (nSPS) is 16.8. The van der Waals surface area contributed by atoms with Gasteiger partial charge < -0.3 is 9.47 Å². The third-order valence-electron chi connectivity index (χ3n) is 3.19. The quantitative estimate of drug-likeness (QED) is 0.821. The van der Waals surface area contributed by atoms with Crippen molar-refractivity contribution in [2.45, 2.75) is 39.2 Å². The number of hydrogen-bond acceptors (Lipinski definition) is 3.